The molecule has 2 aromatic carbocycles. The highest BCUT2D eigenvalue weighted by Gasteiger charge is 2.30. The Hall–Kier alpha value is -3.54. The largest absolute Gasteiger partial charge is 0.497 e. The van der Waals surface area contributed by atoms with Gasteiger partial charge in [-0.3, -0.25) is 9.59 Å². The first-order valence-electron chi connectivity index (χ1n) is 10.1. The highest BCUT2D eigenvalue weighted by molar-refractivity contribution is 6.00. The number of nitrogens with zero attached hydrogens (tertiary/aromatic N) is 1. The van der Waals surface area contributed by atoms with Gasteiger partial charge in [-0.15, -0.1) is 0 Å². The lowest BCUT2D eigenvalue weighted by atomic mass is 9.87. The Labute approximate surface area is 182 Å². The molecular formula is C25H28N2O4. The van der Waals surface area contributed by atoms with Crippen molar-refractivity contribution in [3.8, 4) is 5.75 Å². The van der Waals surface area contributed by atoms with Gasteiger partial charge in [0.1, 0.15) is 11.8 Å². The number of hydrogen-bond donors (Lipinski definition) is 1. The van der Waals surface area contributed by atoms with Gasteiger partial charge in [-0.1, -0.05) is 45.0 Å². The van der Waals surface area contributed by atoms with Crippen molar-refractivity contribution < 1.29 is 18.7 Å². The third-order valence-electron chi connectivity index (χ3n) is 5.14. The van der Waals surface area contributed by atoms with E-state index in [2.05, 4.69) is 26.1 Å². The molecule has 6 heteroatoms. The first kappa shape index (κ1) is 22.2. The zero-order valence-corrected chi connectivity index (χ0v) is 18.5. The van der Waals surface area contributed by atoms with Gasteiger partial charge in [0.25, 0.3) is 11.8 Å². The summed E-state index contributed by atoms with van der Waals surface area (Å²) in [4.78, 5) is 27.6. The van der Waals surface area contributed by atoms with Gasteiger partial charge in [0.15, 0.2) is 5.76 Å². The zero-order chi connectivity index (χ0) is 22.6. The topological polar surface area (TPSA) is 71.8 Å². The molecule has 2 amide bonds. The summed E-state index contributed by atoms with van der Waals surface area (Å²) >= 11 is 0. The van der Waals surface area contributed by atoms with E-state index in [1.165, 1.54) is 16.7 Å². The molecule has 0 aliphatic carbocycles. The molecule has 6 nitrogen and oxygen atoms in total. The van der Waals surface area contributed by atoms with Crippen LogP contribution in [0.5, 0.6) is 5.75 Å². The quantitative estimate of drug-likeness (QED) is 0.607. The number of carbonyl (C=O) groups excluding carboxylic acids is 2. The van der Waals surface area contributed by atoms with Crippen molar-refractivity contribution in [2.75, 3.05) is 19.5 Å². The predicted octanol–water partition coefficient (Wildman–Crippen LogP) is 5.04. The first-order chi connectivity index (χ1) is 14.7. The molecule has 0 fully saturated rings. The Morgan fingerprint density at radius 2 is 1.65 bits per heavy atom. The van der Waals surface area contributed by atoms with Gasteiger partial charge in [0.05, 0.1) is 13.4 Å². The number of amides is 2. The fourth-order valence-corrected chi connectivity index (χ4v) is 3.29. The average molecular weight is 421 g/mol. The molecule has 0 aliphatic heterocycles. The number of anilines is 1. The molecule has 0 bridgehead atoms. The molecule has 1 aromatic heterocycles. The molecular weight excluding hydrogens is 392 g/mol. The van der Waals surface area contributed by atoms with E-state index >= 15 is 0 Å². The molecule has 0 aliphatic rings. The molecule has 1 atom stereocenters. The maximum absolute atomic E-state index is 13.3. The summed E-state index contributed by atoms with van der Waals surface area (Å²) < 4.78 is 10.5. The summed E-state index contributed by atoms with van der Waals surface area (Å²) in [6.45, 7) is 6.40. The van der Waals surface area contributed by atoms with E-state index in [0.29, 0.717) is 17.0 Å². The third-order valence-corrected chi connectivity index (χ3v) is 5.14. The van der Waals surface area contributed by atoms with Crippen molar-refractivity contribution >= 4 is 17.5 Å². The van der Waals surface area contributed by atoms with Crippen LogP contribution in [-0.2, 0) is 10.2 Å². The van der Waals surface area contributed by atoms with Gasteiger partial charge in [-0.2, -0.15) is 0 Å². The van der Waals surface area contributed by atoms with Crippen LogP contribution in [0.2, 0.25) is 0 Å². The zero-order valence-electron chi connectivity index (χ0n) is 18.5. The lowest BCUT2D eigenvalue weighted by Gasteiger charge is -2.27. The minimum atomic E-state index is -0.856. The monoisotopic (exact) mass is 420 g/mol. The van der Waals surface area contributed by atoms with Crippen molar-refractivity contribution in [3.63, 3.8) is 0 Å². The molecule has 0 radical (unpaired) electrons. The smallest absolute Gasteiger partial charge is 0.290 e. The lowest BCUT2D eigenvalue weighted by molar-refractivity contribution is -0.120. The van der Waals surface area contributed by atoms with Gasteiger partial charge >= 0.3 is 0 Å². The number of methoxy groups -OCH3 is 1. The van der Waals surface area contributed by atoms with Crippen molar-refractivity contribution in [1.29, 1.82) is 0 Å². The van der Waals surface area contributed by atoms with E-state index in [9.17, 15) is 9.59 Å². The van der Waals surface area contributed by atoms with Crippen molar-refractivity contribution in [3.05, 3.63) is 83.8 Å². The SMILES string of the molecule is COc1ccc(C(C(=O)Nc2ccc(C(C)(C)C)cc2)N(C)C(=O)c2ccco2)cc1. The minimum Gasteiger partial charge on any atom is -0.497 e. The second-order valence-corrected chi connectivity index (χ2v) is 8.39. The van der Waals surface area contributed by atoms with E-state index in [-0.39, 0.29) is 23.0 Å². The summed E-state index contributed by atoms with van der Waals surface area (Å²) in [5.74, 6) is 0.129. The summed E-state index contributed by atoms with van der Waals surface area (Å²) in [5.41, 5.74) is 2.51. The highest BCUT2D eigenvalue weighted by atomic mass is 16.5. The van der Waals surface area contributed by atoms with Gasteiger partial charge in [0, 0.05) is 12.7 Å². The molecule has 3 rings (SSSR count). The van der Waals surface area contributed by atoms with E-state index < -0.39 is 6.04 Å². The van der Waals surface area contributed by atoms with Crippen LogP contribution in [0.1, 0.15) is 48.5 Å². The highest BCUT2D eigenvalue weighted by Crippen LogP contribution is 2.27. The van der Waals surface area contributed by atoms with Crippen molar-refractivity contribution in [1.82, 2.24) is 4.90 Å². The number of ether oxygens (including phenoxy) is 1. The Morgan fingerprint density at radius 1 is 1.00 bits per heavy atom. The van der Waals surface area contributed by atoms with E-state index in [1.807, 2.05) is 24.3 Å². The summed E-state index contributed by atoms with van der Waals surface area (Å²) in [6, 6.07) is 17.2. The first-order valence-corrected chi connectivity index (χ1v) is 10.1. The Kier molecular flexibility index (Phi) is 6.49. The second kappa shape index (κ2) is 9.08. The van der Waals surface area contributed by atoms with Crippen LogP contribution >= 0.6 is 0 Å². The summed E-state index contributed by atoms with van der Waals surface area (Å²) in [6.07, 6.45) is 1.43. The summed E-state index contributed by atoms with van der Waals surface area (Å²) in [5, 5.41) is 2.93. The lowest BCUT2D eigenvalue weighted by Crippen LogP contribution is -2.38. The van der Waals surface area contributed by atoms with E-state index in [0.717, 1.165) is 0 Å². The van der Waals surface area contributed by atoms with E-state index in [4.69, 9.17) is 9.15 Å². The normalized spacial score (nSPS) is 12.2. The van der Waals surface area contributed by atoms with Crippen LogP contribution in [0.25, 0.3) is 0 Å². The molecule has 1 heterocycles. The summed E-state index contributed by atoms with van der Waals surface area (Å²) in [7, 11) is 3.16. The molecule has 162 valence electrons. The van der Waals surface area contributed by atoms with Crippen LogP contribution in [0.15, 0.2) is 71.3 Å². The molecule has 3 aromatic rings. The van der Waals surface area contributed by atoms with Crippen molar-refractivity contribution in [2.24, 2.45) is 0 Å². The number of furan rings is 1. The Balaban J connectivity index is 1.89. The molecule has 0 saturated heterocycles. The average Bonchev–Trinajstić information content (AvgIpc) is 3.28. The third kappa shape index (κ3) is 5.15. The Morgan fingerprint density at radius 3 is 2.16 bits per heavy atom. The van der Waals surface area contributed by atoms with Crippen LogP contribution in [-0.4, -0.2) is 30.9 Å². The fraction of sp³-hybridized carbons (Fsp3) is 0.280. The molecule has 1 N–H and O–H groups in total. The number of rotatable bonds is 6. The van der Waals surface area contributed by atoms with Gasteiger partial charge < -0.3 is 19.4 Å². The van der Waals surface area contributed by atoms with Gasteiger partial charge in [0.2, 0.25) is 0 Å². The van der Waals surface area contributed by atoms with Crippen LogP contribution < -0.4 is 10.1 Å². The molecule has 1 unspecified atom stereocenters. The fourth-order valence-electron chi connectivity index (χ4n) is 3.29. The minimum absolute atomic E-state index is 0.0177. The second-order valence-electron chi connectivity index (χ2n) is 8.39. The van der Waals surface area contributed by atoms with Gasteiger partial charge in [-0.25, -0.2) is 0 Å². The molecule has 0 spiro atoms. The van der Waals surface area contributed by atoms with Crippen LogP contribution in [0, 0.1) is 0 Å². The predicted molar refractivity (Wildman–Crippen MR) is 120 cm³/mol. The number of likely N-dealkylation sites (N-methyl/N-ethyl adjacent to an activating group) is 1. The number of benzene rings is 2. The number of nitrogens with one attached hydrogen (secondary N) is 1. The molecule has 0 saturated carbocycles. The van der Waals surface area contributed by atoms with Crippen LogP contribution in [0.4, 0.5) is 5.69 Å². The van der Waals surface area contributed by atoms with Crippen molar-refractivity contribution in [2.45, 2.75) is 32.2 Å². The number of hydrogen-bond acceptors (Lipinski definition) is 4. The maximum Gasteiger partial charge on any atom is 0.290 e. The van der Waals surface area contributed by atoms with Gasteiger partial charge in [-0.05, 0) is 52.9 Å². The molecule has 31 heavy (non-hydrogen) atoms. The number of carbonyl (C=O) groups is 2. The van der Waals surface area contributed by atoms with Crippen LogP contribution in [0.3, 0.4) is 0 Å². The van der Waals surface area contributed by atoms with E-state index in [1.54, 1.807) is 50.6 Å². The Bertz CT molecular complexity index is 1020. The maximum atomic E-state index is 13.3. The standard InChI is InChI=1S/C25H28N2O4/c1-25(2,3)18-10-12-19(13-11-18)26-23(28)22(17-8-14-20(30-5)15-9-17)27(4)24(29)21-7-6-16-31-21/h6-16,22H,1-5H3,(H,26,28).